The van der Waals surface area contributed by atoms with Crippen LogP contribution in [0, 0.1) is 20.2 Å². The minimum atomic E-state index is -0.547. The van der Waals surface area contributed by atoms with Gasteiger partial charge in [-0.2, -0.15) is 0 Å². The summed E-state index contributed by atoms with van der Waals surface area (Å²) in [5, 5.41) is 23.5. The Kier molecular flexibility index (Phi) is 6.39. The van der Waals surface area contributed by atoms with Crippen LogP contribution >= 0.6 is 0 Å². The molecule has 33 heavy (non-hydrogen) atoms. The van der Waals surface area contributed by atoms with Crippen LogP contribution in [0.2, 0.25) is 0 Å². The fraction of sp³-hybridized carbons (Fsp3) is 0.250. The molecule has 0 radical (unpaired) electrons. The van der Waals surface area contributed by atoms with Gasteiger partial charge in [0.1, 0.15) is 11.4 Å². The van der Waals surface area contributed by atoms with Gasteiger partial charge in [0.2, 0.25) is 0 Å². The number of nitro groups is 2. The molecule has 170 valence electrons. The summed E-state index contributed by atoms with van der Waals surface area (Å²) in [5.74, 6) is 0.775. The van der Waals surface area contributed by atoms with Gasteiger partial charge in [-0.1, -0.05) is 42.5 Å². The van der Waals surface area contributed by atoms with Crippen molar-refractivity contribution in [2.75, 3.05) is 43.1 Å². The van der Waals surface area contributed by atoms with Gasteiger partial charge in [0, 0.05) is 38.2 Å². The lowest BCUT2D eigenvalue weighted by atomic mass is 10.0. The number of piperazine rings is 1. The van der Waals surface area contributed by atoms with Gasteiger partial charge in [-0.15, -0.1) is 0 Å². The first-order chi connectivity index (χ1) is 16.0. The molecule has 0 saturated carbocycles. The average molecular weight is 448 g/mol. The normalized spacial score (nSPS) is 13.6. The van der Waals surface area contributed by atoms with Crippen molar-refractivity contribution in [1.82, 2.24) is 0 Å². The first kappa shape index (κ1) is 22.1. The van der Waals surface area contributed by atoms with E-state index in [1.807, 2.05) is 59.5 Å². The SMILES string of the molecule is COc1ccccc1N1CCN(c2cc(Cc3ccccc3)c([N+](=O)[O-])cc2[N+](=O)[O-])CC1. The molecule has 3 aromatic carbocycles. The molecule has 1 saturated heterocycles. The van der Waals surface area contributed by atoms with Crippen molar-refractivity contribution in [3.63, 3.8) is 0 Å². The van der Waals surface area contributed by atoms with Crippen LogP contribution in [0.4, 0.5) is 22.7 Å². The van der Waals surface area contributed by atoms with Crippen molar-refractivity contribution in [1.29, 1.82) is 0 Å². The van der Waals surface area contributed by atoms with Crippen molar-refractivity contribution >= 4 is 22.7 Å². The molecule has 4 rings (SSSR count). The Morgan fingerprint density at radius 1 is 0.788 bits per heavy atom. The zero-order chi connectivity index (χ0) is 23.4. The van der Waals surface area contributed by atoms with Gasteiger partial charge in [0.25, 0.3) is 11.4 Å². The highest BCUT2D eigenvalue weighted by atomic mass is 16.6. The van der Waals surface area contributed by atoms with E-state index in [0.29, 0.717) is 43.9 Å². The highest BCUT2D eigenvalue weighted by Gasteiger charge is 2.29. The molecule has 3 aromatic rings. The maximum Gasteiger partial charge on any atom is 0.299 e. The van der Waals surface area contributed by atoms with E-state index in [2.05, 4.69) is 4.90 Å². The number of rotatable bonds is 7. The van der Waals surface area contributed by atoms with Crippen molar-refractivity contribution in [2.24, 2.45) is 0 Å². The van der Waals surface area contributed by atoms with Gasteiger partial charge in [-0.05, 0) is 23.8 Å². The van der Waals surface area contributed by atoms with Gasteiger partial charge < -0.3 is 14.5 Å². The molecule has 0 unspecified atom stereocenters. The average Bonchev–Trinajstić information content (AvgIpc) is 2.84. The van der Waals surface area contributed by atoms with Crippen LogP contribution < -0.4 is 14.5 Å². The van der Waals surface area contributed by atoms with E-state index in [9.17, 15) is 20.2 Å². The first-order valence-corrected chi connectivity index (χ1v) is 10.6. The number of nitrogens with zero attached hydrogens (tertiary/aromatic N) is 4. The Morgan fingerprint density at radius 2 is 1.36 bits per heavy atom. The summed E-state index contributed by atoms with van der Waals surface area (Å²) in [6, 6.07) is 19.8. The van der Waals surface area contributed by atoms with E-state index >= 15 is 0 Å². The van der Waals surface area contributed by atoms with Crippen molar-refractivity contribution in [2.45, 2.75) is 6.42 Å². The van der Waals surface area contributed by atoms with E-state index in [1.165, 1.54) is 0 Å². The van der Waals surface area contributed by atoms with E-state index in [4.69, 9.17) is 4.74 Å². The maximum absolute atomic E-state index is 11.8. The fourth-order valence-corrected chi connectivity index (χ4v) is 4.22. The second kappa shape index (κ2) is 9.56. The highest BCUT2D eigenvalue weighted by Crippen LogP contribution is 2.37. The van der Waals surface area contributed by atoms with E-state index in [0.717, 1.165) is 23.1 Å². The van der Waals surface area contributed by atoms with Crippen LogP contribution in [-0.4, -0.2) is 43.1 Å². The number of hydrogen-bond donors (Lipinski definition) is 0. The molecular weight excluding hydrogens is 424 g/mol. The quantitative estimate of drug-likeness (QED) is 0.389. The van der Waals surface area contributed by atoms with Crippen LogP contribution in [0.1, 0.15) is 11.1 Å². The molecule has 9 nitrogen and oxygen atoms in total. The zero-order valence-corrected chi connectivity index (χ0v) is 18.2. The second-order valence-electron chi connectivity index (χ2n) is 7.79. The molecule has 9 heteroatoms. The molecule has 0 aliphatic carbocycles. The van der Waals surface area contributed by atoms with Crippen molar-refractivity contribution in [3.05, 3.63) is 98.1 Å². The Hall–Kier alpha value is -4.14. The number of methoxy groups -OCH3 is 1. The lowest BCUT2D eigenvalue weighted by molar-refractivity contribution is -0.394. The predicted octanol–water partition coefficient (Wildman–Crippen LogP) is 4.43. The molecule has 0 spiro atoms. The topological polar surface area (TPSA) is 102 Å². The van der Waals surface area contributed by atoms with Crippen LogP contribution in [-0.2, 0) is 6.42 Å². The molecule has 1 fully saturated rings. The molecule has 1 heterocycles. The standard InChI is InChI=1S/C24H24N4O5/c1-33-24-10-6-5-9-20(24)25-11-13-26(14-12-25)22-16-19(15-18-7-3-2-4-8-18)21(27(29)30)17-23(22)28(31)32/h2-10,16-17H,11-15H2,1H3. The van der Waals surface area contributed by atoms with Gasteiger partial charge in [-0.3, -0.25) is 20.2 Å². The Balaban J connectivity index is 1.64. The molecule has 0 aromatic heterocycles. The maximum atomic E-state index is 11.8. The number of ether oxygens (including phenoxy) is 1. The highest BCUT2D eigenvalue weighted by molar-refractivity contribution is 5.71. The van der Waals surface area contributed by atoms with Crippen LogP contribution in [0.25, 0.3) is 0 Å². The lowest BCUT2D eigenvalue weighted by Gasteiger charge is -2.37. The molecule has 1 aliphatic heterocycles. The van der Waals surface area contributed by atoms with E-state index < -0.39 is 9.85 Å². The summed E-state index contributed by atoms with van der Waals surface area (Å²) >= 11 is 0. The molecule has 1 aliphatic rings. The minimum absolute atomic E-state index is 0.234. The molecule has 0 bridgehead atoms. The Bertz CT molecular complexity index is 1160. The number of anilines is 2. The van der Waals surface area contributed by atoms with Crippen LogP contribution in [0.3, 0.4) is 0 Å². The smallest absolute Gasteiger partial charge is 0.299 e. The Labute approximate surface area is 191 Å². The molecule has 0 N–H and O–H groups in total. The van der Waals surface area contributed by atoms with Crippen LogP contribution in [0.5, 0.6) is 5.75 Å². The monoisotopic (exact) mass is 448 g/mol. The van der Waals surface area contributed by atoms with Crippen molar-refractivity contribution in [3.8, 4) is 5.75 Å². The van der Waals surface area contributed by atoms with E-state index in [1.54, 1.807) is 13.2 Å². The lowest BCUT2D eigenvalue weighted by Crippen LogP contribution is -2.46. The second-order valence-corrected chi connectivity index (χ2v) is 7.79. The third-order valence-corrected chi connectivity index (χ3v) is 5.85. The van der Waals surface area contributed by atoms with Gasteiger partial charge in [0.05, 0.1) is 28.7 Å². The zero-order valence-electron chi connectivity index (χ0n) is 18.2. The summed E-state index contributed by atoms with van der Waals surface area (Å²) in [5.41, 5.74) is 2.27. The van der Waals surface area contributed by atoms with Gasteiger partial charge in [-0.25, -0.2) is 0 Å². The summed E-state index contributed by atoms with van der Waals surface area (Å²) < 4.78 is 5.46. The first-order valence-electron chi connectivity index (χ1n) is 10.6. The van der Waals surface area contributed by atoms with Crippen molar-refractivity contribution < 1.29 is 14.6 Å². The number of nitro benzene ring substituents is 2. The molecular formula is C24H24N4O5. The largest absolute Gasteiger partial charge is 0.495 e. The summed E-state index contributed by atoms with van der Waals surface area (Å²) in [6.07, 6.45) is 0.323. The fourth-order valence-electron chi connectivity index (χ4n) is 4.22. The predicted molar refractivity (Wildman–Crippen MR) is 126 cm³/mol. The molecule has 0 amide bonds. The minimum Gasteiger partial charge on any atom is -0.495 e. The summed E-state index contributed by atoms with van der Waals surface area (Å²) in [6.45, 7) is 2.37. The molecule has 0 atom stereocenters. The number of hydrogen-bond acceptors (Lipinski definition) is 7. The summed E-state index contributed by atoms with van der Waals surface area (Å²) in [7, 11) is 1.63. The number of benzene rings is 3. The van der Waals surface area contributed by atoms with Gasteiger partial charge >= 0.3 is 0 Å². The van der Waals surface area contributed by atoms with Crippen LogP contribution in [0.15, 0.2) is 66.7 Å². The third kappa shape index (κ3) is 4.72. The third-order valence-electron chi connectivity index (χ3n) is 5.85. The Morgan fingerprint density at radius 3 is 1.97 bits per heavy atom. The number of para-hydroxylation sites is 2. The van der Waals surface area contributed by atoms with Gasteiger partial charge in [0.15, 0.2) is 0 Å². The van der Waals surface area contributed by atoms with E-state index in [-0.39, 0.29) is 11.4 Å². The summed E-state index contributed by atoms with van der Waals surface area (Å²) in [4.78, 5) is 26.5.